The Balaban J connectivity index is 0. The average molecular weight is 224 g/mol. The van der Waals surface area contributed by atoms with Crippen LogP contribution in [0.5, 0.6) is 0 Å². The third kappa shape index (κ3) is 24.8. The van der Waals surface area contributed by atoms with E-state index in [0.29, 0.717) is 26.2 Å². The molecule has 0 radical (unpaired) electrons. The summed E-state index contributed by atoms with van der Waals surface area (Å²) in [5.41, 5.74) is 0. The number of hydrogen-bond acceptors (Lipinski definition) is 5. The van der Waals surface area contributed by atoms with E-state index in [0.717, 1.165) is 6.61 Å². The maximum atomic E-state index is 8.39. The molecule has 0 aromatic heterocycles. The summed E-state index contributed by atoms with van der Waals surface area (Å²) in [4.78, 5) is 0. The van der Waals surface area contributed by atoms with E-state index < -0.39 is 0 Å². The van der Waals surface area contributed by atoms with E-state index in [4.69, 9.17) is 24.8 Å². The summed E-state index contributed by atoms with van der Waals surface area (Å²) >= 11 is 0. The largest absolute Gasteiger partial charge is 0.396 e. The maximum absolute atomic E-state index is 8.39. The van der Waals surface area contributed by atoms with Gasteiger partial charge in [-0.15, -0.1) is 0 Å². The second-order valence-corrected chi connectivity index (χ2v) is 2.89. The van der Waals surface area contributed by atoms with Gasteiger partial charge < -0.3 is 24.8 Å². The summed E-state index contributed by atoms with van der Waals surface area (Å²) < 4.78 is 9.88. The van der Waals surface area contributed by atoms with Crippen molar-refractivity contribution in [3.63, 3.8) is 0 Å². The van der Waals surface area contributed by atoms with Crippen LogP contribution in [0.2, 0.25) is 0 Å². The highest BCUT2D eigenvalue weighted by atomic mass is 16.5. The Morgan fingerprint density at radius 2 is 1.60 bits per heavy atom. The van der Waals surface area contributed by atoms with Gasteiger partial charge in [-0.3, -0.25) is 0 Å². The van der Waals surface area contributed by atoms with Crippen LogP contribution in [-0.2, 0) is 9.47 Å². The molecule has 5 nitrogen and oxygen atoms in total. The molecule has 0 rings (SSSR count). The van der Waals surface area contributed by atoms with Gasteiger partial charge in [0.25, 0.3) is 0 Å². The lowest BCUT2D eigenvalue weighted by Crippen LogP contribution is -2.06. The quantitative estimate of drug-likeness (QED) is 0.497. The molecule has 3 N–H and O–H groups in total. The second kappa shape index (κ2) is 16.2. The lowest BCUT2D eigenvalue weighted by molar-refractivity contribution is 0.0370. The van der Waals surface area contributed by atoms with E-state index in [2.05, 4.69) is 0 Å². The van der Waals surface area contributed by atoms with Gasteiger partial charge >= 0.3 is 0 Å². The average Bonchev–Trinajstić information content (AvgIpc) is 2.18. The molecule has 0 fully saturated rings. The highest BCUT2D eigenvalue weighted by molar-refractivity contribution is 4.40. The van der Waals surface area contributed by atoms with Gasteiger partial charge in [0, 0.05) is 13.2 Å². The van der Waals surface area contributed by atoms with Crippen molar-refractivity contribution in [1.82, 2.24) is 0 Å². The van der Waals surface area contributed by atoms with Crippen LogP contribution in [0.1, 0.15) is 20.3 Å². The summed E-state index contributed by atoms with van der Waals surface area (Å²) in [6.07, 6.45) is 0.134. The fourth-order valence-corrected chi connectivity index (χ4v) is 0.616. The Morgan fingerprint density at radius 1 is 1.00 bits per heavy atom. The van der Waals surface area contributed by atoms with Gasteiger partial charge in [0.1, 0.15) is 0 Å². The fraction of sp³-hybridized carbons (Fsp3) is 1.00. The van der Waals surface area contributed by atoms with E-state index in [1.807, 2.05) is 6.92 Å². The summed E-state index contributed by atoms with van der Waals surface area (Å²) in [5, 5.41) is 24.7. The standard InChI is InChI=1S/C6H14O3.C4H10O2/c1-2-8-5-6-9-4-3-7;1-4(6)2-3-5/h7H,2-6H2,1H3;4-6H,2-3H2,1H3. The molecule has 0 heterocycles. The van der Waals surface area contributed by atoms with Crippen LogP contribution >= 0.6 is 0 Å². The van der Waals surface area contributed by atoms with Gasteiger partial charge in [0.05, 0.1) is 32.5 Å². The van der Waals surface area contributed by atoms with Crippen LogP contribution in [0.15, 0.2) is 0 Å². The number of ether oxygens (including phenoxy) is 2. The Hall–Kier alpha value is -0.200. The minimum Gasteiger partial charge on any atom is -0.396 e. The molecular formula is C10H24O5. The molecule has 15 heavy (non-hydrogen) atoms. The van der Waals surface area contributed by atoms with Crippen LogP contribution in [-0.4, -0.2) is 61.1 Å². The Bertz CT molecular complexity index is 91.8. The summed E-state index contributed by atoms with van der Waals surface area (Å²) in [7, 11) is 0. The van der Waals surface area contributed by atoms with Crippen molar-refractivity contribution in [3.05, 3.63) is 0 Å². The molecule has 1 atom stereocenters. The molecule has 0 saturated heterocycles. The molecule has 0 spiro atoms. The van der Waals surface area contributed by atoms with Crippen molar-refractivity contribution in [2.24, 2.45) is 0 Å². The normalized spacial score (nSPS) is 11.8. The predicted molar refractivity (Wildman–Crippen MR) is 57.8 cm³/mol. The molecule has 5 heteroatoms. The van der Waals surface area contributed by atoms with Crippen molar-refractivity contribution < 1.29 is 24.8 Å². The van der Waals surface area contributed by atoms with Crippen molar-refractivity contribution in [2.45, 2.75) is 26.4 Å². The number of hydrogen-bond donors (Lipinski definition) is 3. The summed E-state index contributed by atoms with van der Waals surface area (Å²) in [6, 6.07) is 0. The van der Waals surface area contributed by atoms with Gasteiger partial charge in [0.2, 0.25) is 0 Å². The molecule has 0 bridgehead atoms. The first-order valence-electron chi connectivity index (χ1n) is 5.24. The van der Waals surface area contributed by atoms with Gasteiger partial charge in [-0.25, -0.2) is 0 Å². The highest BCUT2D eigenvalue weighted by Crippen LogP contribution is 1.83. The lowest BCUT2D eigenvalue weighted by Gasteiger charge is -2.00. The second-order valence-electron chi connectivity index (χ2n) is 2.89. The minimum absolute atomic E-state index is 0.0810. The zero-order valence-corrected chi connectivity index (χ0v) is 9.69. The molecule has 94 valence electrons. The van der Waals surface area contributed by atoms with E-state index in [9.17, 15) is 0 Å². The smallest absolute Gasteiger partial charge is 0.0701 e. The Labute approximate surface area is 91.6 Å². The van der Waals surface area contributed by atoms with Gasteiger partial charge in [-0.05, 0) is 20.3 Å². The molecule has 0 aromatic carbocycles. The van der Waals surface area contributed by atoms with Crippen molar-refractivity contribution in [1.29, 1.82) is 0 Å². The topological polar surface area (TPSA) is 79.2 Å². The minimum atomic E-state index is -0.352. The highest BCUT2D eigenvalue weighted by Gasteiger charge is 1.88. The number of aliphatic hydroxyl groups excluding tert-OH is 3. The van der Waals surface area contributed by atoms with Crippen LogP contribution in [0.4, 0.5) is 0 Å². The molecule has 0 aromatic rings. The van der Waals surface area contributed by atoms with Gasteiger partial charge in [-0.1, -0.05) is 0 Å². The molecule has 1 unspecified atom stereocenters. The van der Waals surface area contributed by atoms with Crippen molar-refractivity contribution in [2.75, 3.05) is 39.6 Å². The predicted octanol–water partition coefficient (Wildman–Crippen LogP) is -0.219. The molecule has 0 aliphatic heterocycles. The van der Waals surface area contributed by atoms with Crippen LogP contribution in [0.25, 0.3) is 0 Å². The lowest BCUT2D eigenvalue weighted by atomic mass is 10.3. The Morgan fingerprint density at radius 3 is 1.93 bits per heavy atom. The fourth-order valence-electron chi connectivity index (χ4n) is 0.616. The Kier molecular flexibility index (Phi) is 18.6. The molecule has 0 aliphatic carbocycles. The first kappa shape index (κ1) is 17.2. The maximum Gasteiger partial charge on any atom is 0.0701 e. The van der Waals surface area contributed by atoms with Gasteiger partial charge in [-0.2, -0.15) is 0 Å². The molecule has 0 amide bonds. The zero-order valence-electron chi connectivity index (χ0n) is 9.69. The van der Waals surface area contributed by atoms with E-state index in [1.165, 1.54) is 0 Å². The zero-order chi connectivity index (χ0) is 11.9. The van der Waals surface area contributed by atoms with E-state index in [1.54, 1.807) is 6.92 Å². The molecular weight excluding hydrogens is 200 g/mol. The van der Waals surface area contributed by atoms with Crippen LogP contribution in [0, 0.1) is 0 Å². The van der Waals surface area contributed by atoms with E-state index in [-0.39, 0.29) is 19.3 Å². The third-order valence-electron chi connectivity index (χ3n) is 1.36. The molecule has 0 saturated carbocycles. The summed E-state index contributed by atoms with van der Waals surface area (Å²) in [6.45, 7) is 6.09. The molecule has 0 aliphatic rings. The van der Waals surface area contributed by atoms with Crippen LogP contribution < -0.4 is 0 Å². The first-order chi connectivity index (χ1) is 7.18. The van der Waals surface area contributed by atoms with Crippen LogP contribution in [0.3, 0.4) is 0 Å². The summed E-state index contributed by atoms with van der Waals surface area (Å²) in [5.74, 6) is 0. The van der Waals surface area contributed by atoms with Crippen molar-refractivity contribution in [3.8, 4) is 0 Å². The van der Waals surface area contributed by atoms with Gasteiger partial charge in [0.15, 0.2) is 0 Å². The van der Waals surface area contributed by atoms with E-state index >= 15 is 0 Å². The number of aliphatic hydroxyl groups is 3. The first-order valence-corrected chi connectivity index (χ1v) is 5.24. The van der Waals surface area contributed by atoms with Crippen molar-refractivity contribution >= 4 is 0 Å². The SMILES string of the molecule is CC(O)CCO.CCOCCOCCO. The number of rotatable bonds is 8. The monoisotopic (exact) mass is 224 g/mol. The third-order valence-corrected chi connectivity index (χ3v) is 1.36.